The van der Waals surface area contributed by atoms with Crippen molar-refractivity contribution in [3.05, 3.63) is 35.7 Å². The van der Waals surface area contributed by atoms with Gasteiger partial charge in [-0.3, -0.25) is 4.79 Å². The number of amides is 1. The number of halogens is 1. The number of hydrogen-bond donors (Lipinski definition) is 2. The van der Waals surface area contributed by atoms with Crippen LogP contribution in [0.4, 0.5) is 21.7 Å². The van der Waals surface area contributed by atoms with Crippen molar-refractivity contribution in [1.82, 2.24) is 20.1 Å². The van der Waals surface area contributed by atoms with E-state index in [1.165, 1.54) is 17.3 Å². The number of aryl methyl sites for hydroxylation is 1. The average Bonchev–Trinajstić information content (AvgIpc) is 3.36. The van der Waals surface area contributed by atoms with Crippen molar-refractivity contribution in [1.29, 1.82) is 0 Å². The molecule has 4 rings (SSSR count). The molecule has 1 aromatic carbocycles. The zero-order valence-electron chi connectivity index (χ0n) is 18.1. The summed E-state index contributed by atoms with van der Waals surface area (Å²) < 4.78 is 25.9. The Bertz CT molecular complexity index is 1150. The first kappa shape index (κ1) is 21.5. The van der Waals surface area contributed by atoms with Gasteiger partial charge in [-0.2, -0.15) is 4.98 Å². The molecule has 1 amide bonds. The highest BCUT2D eigenvalue weighted by molar-refractivity contribution is 5.97. The maximum absolute atomic E-state index is 14.9. The minimum Gasteiger partial charge on any atom is -0.491 e. The van der Waals surface area contributed by atoms with Crippen LogP contribution in [0.1, 0.15) is 44.1 Å². The summed E-state index contributed by atoms with van der Waals surface area (Å²) in [6, 6.07) is 2.57. The second kappa shape index (κ2) is 8.77. The summed E-state index contributed by atoms with van der Waals surface area (Å²) in [5.74, 6) is 0.861. The standard InChI is InChI=1S/C21H24FN7O3/c1-4-31-18-13(7-8-14(22)17(18)29-9-5-6-15(29)30)11(2)26-20-16(19(23)24-10-25-20)21-27-12(3)28-32-21/h7-8,10-11H,4-6,9H2,1-3H3,(H3,23,24,25,26). The van der Waals surface area contributed by atoms with Crippen molar-refractivity contribution in [2.45, 2.75) is 39.7 Å². The number of nitrogens with zero attached hydrogens (tertiary/aromatic N) is 5. The summed E-state index contributed by atoms with van der Waals surface area (Å²) in [4.78, 5) is 26.3. The summed E-state index contributed by atoms with van der Waals surface area (Å²) >= 11 is 0. The molecular weight excluding hydrogens is 417 g/mol. The molecular formula is C21H24FN7O3. The van der Waals surface area contributed by atoms with Crippen LogP contribution in [0.15, 0.2) is 23.0 Å². The smallest absolute Gasteiger partial charge is 0.265 e. The molecule has 10 nitrogen and oxygen atoms in total. The maximum atomic E-state index is 14.9. The van der Waals surface area contributed by atoms with Crippen LogP contribution in [0.5, 0.6) is 5.75 Å². The van der Waals surface area contributed by atoms with E-state index in [-0.39, 0.29) is 23.3 Å². The summed E-state index contributed by atoms with van der Waals surface area (Å²) in [7, 11) is 0. The lowest BCUT2D eigenvalue weighted by Gasteiger charge is -2.25. The first-order chi connectivity index (χ1) is 15.4. The molecule has 0 aliphatic carbocycles. The van der Waals surface area contributed by atoms with Crippen LogP contribution < -0.4 is 20.7 Å². The number of carbonyl (C=O) groups is 1. The highest BCUT2D eigenvalue weighted by Gasteiger charge is 2.30. The molecule has 2 aromatic heterocycles. The van der Waals surface area contributed by atoms with Crippen LogP contribution in [0.25, 0.3) is 11.5 Å². The Kier molecular flexibility index (Phi) is 5.89. The number of rotatable bonds is 7. The van der Waals surface area contributed by atoms with Gasteiger partial charge in [0, 0.05) is 18.5 Å². The van der Waals surface area contributed by atoms with Crippen molar-refractivity contribution in [2.24, 2.45) is 0 Å². The second-order valence-corrected chi connectivity index (χ2v) is 7.39. The normalized spacial score (nSPS) is 14.6. The van der Waals surface area contributed by atoms with Gasteiger partial charge in [-0.1, -0.05) is 11.2 Å². The number of anilines is 3. The molecule has 1 saturated heterocycles. The molecule has 1 fully saturated rings. The molecule has 1 unspecified atom stereocenters. The van der Waals surface area contributed by atoms with Crippen molar-refractivity contribution >= 4 is 23.2 Å². The van der Waals surface area contributed by atoms with Gasteiger partial charge in [-0.15, -0.1) is 0 Å². The average molecular weight is 441 g/mol. The fourth-order valence-corrected chi connectivity index (χ4v) is 3.74. The molecule has 3 heterocycles. The zero-order chi connectivity index (χ0) is 22.8. The molecule has 1 aliphatic rings. The Labute approximate surface area is 184 Å². The topological polar surface area (TPSA) is 132 Å². The largest absolute Gasteiger partial charge is 0.491 e. The summed E-state index contributed by atoms with van der Waals surface area (Å²) in [6.07, 6.45) is 2.38. The number of benzene rings is 1. The molecule has 1 aliphatic heterocycles. The number of ether oxygens (including phenoxy) is 1. The lowest BCUT2D eigenvalue weighted by atomic mass is 10.0. The maximum Gasteiger partial charge on any atom is 0.265 e. The van der Waals surface area contributed by atoms with E-state index < -0.39 is 11.9 Å². The first-order valence-corrected chi connectivity index (χ1v) is 10.3. The number of nitrogen functional groups attached to an aromatic ring is 1. The van der Waals surface area contributed by atoms with E-state index in [0.29, 0.717) is 54.5 Å². The van der Waals surface area contributed by atoms with Gasteiger partial charge in [0.15, 0.2) is 17.4 Å². The lowest BCUT2D eigenvalue weighted by molar-refractivity contribution is -0.117. The van der Waals surface area contributed by atoms with Gasteiger partial charge in [0.05, 0.1) is 12.6 Å². The Balaban J connectivity index is 1.74. The lowest BCUT2D eigenvalue weighted by Crippen LogP contribution is -2.26. The van der Waals surface area contributed by atoms with E-state index >= 15 is 0 Å². The third-order valence-electron chi connectivity index (χ3n) is 5.18. The molecule has 1 atom stereocenters. The highest BCUT2D eigenvalue weighted by atomic mass is 19.1. The van der Waals surface area contributed by atoms with Gasteiger partial charge in [0.2, 0.25) is 5.91 Å². The van der Waals surface area contributed by atoms with Crippen molar-refractivity contribution in [3.8, 4) is 17.2 Å². The molecule has 0 bridgehead atoms. The number of aromatic nitrogens is 4. The number of nitrogens with one attached hydrogen (secondary N) is 1. The molecule has 32 heavy (non-hydrogen) atoms. The van der Waals surface area contributed by atoms with Crippen molar-refractivity contribution < 1.29 is 18.4 Å². The van der Waals surface area contributed by atoms with Gasteiger partial charge in [-0.25, -0.2) is 14.4 Å². The quantitative estimate of drug-likeness (QED) is 0.567. The first-order valence-electron chi connectivity index (χ1n) is 10.3. The van der Waals surface area contributed by atoms with Crippen LogP contribution in [0, 0.1) is 12.7 Å². The highest BCUT2D eigenvalue weighted by Crippen LogP contribution is 2.41. The third kappa shape index (κ3) is 3.93. The summed E-state index contributed by atoms with van der Waals surface area (Å²) in [5.41, 5.74) is 7.25. The van der Waals surface area contributed by atoms with Crippen LogP contribution in [-0.2, 0) is 4.79 Å². The van der Waals surface area contributed by atoms with E-state index in [0.717, 1.165) is 0 Å². The van der Waals surface area contributed by atoms with Gasteiger partial charge < -0.3 is 25.2 Å². The predicted octanol–water partition coefficient (Wildman–Crippen LogP) is 3.25. The van der Waals surface area contributed by atoms with E-state index in [2.05, 4.69) is 25.4 Å². The van der Waals surface area contributed by atoms with Crippen LogP contribution in [0.2, 0.25) is 0 Å². The van der Waals surface area contributed by atoms with E-state index in [1.807, 2.05) is 13.8 Å². The SMILES string of the molecule is CCOc1c(C(C)Nc2ncnc(N)c2-c2nc(C)no2)ccc(F)c1N1CCCC1=O. The van der Waals surface area contributed by atoms with Crippen LogP contribution in [0.3, 0.4) is 0 Å². The molecule has 0 radical (unpaired) electrons. The minimum atomic E-state index is -0.507. The zero-order valence-corrected chi connectivity index (χ0v) is 18.1. The molecule has 168 valence electrons. The molecule has 11 heteroatoms. The summed E-state index contributed by atoms with van der Waals surface area (Å²) in [6.45, 7) is 6.13. The van der Waals surface area contributed by atoms with Crippen molar-refractivity contribution in [3.63, 3.8) is 0 Å². The minimum absolute atomic E-state index is 0.125. The summed E-state index contributed by atoms with van der Waals surface area (Å²) in [5, 5.41) is 7.06. The third-order valence-corrected chi connectivity index (χ3v) is 5.18. The fraction of sp³-hybridized carbons (Fsp3) is 0.381. The number of nitrogens with two attached hydrogens (primary N) is 1. The molecule has 3 N–H and O–H groups in total. The molecule has 3 aromatic rings. The van der Waals surface area contributed by atoms with Crippen molar-refractivity contribution in [2.75, 3.05) is 29.1 Å². The van der Waals surface area contributed by atoms with E-state index in [1.54, 1.807) is 13.0 Å². The van der Waals surface area contributed by atoms with Crippen LogP contribution in [-0.4, -0.2) is 39.2 Å². The van der Waals surface area contributed by atoms with Crippen LogP contribution >= 0.6 is 0 Å². The predicted molar refractivity (Wildman–Crippen MR) is 116 cm³/mol. The van der Waals surface area contributed by atoms with Gasteiger partial charge in [0.25, 0.3) is 5.89 Å². The molecule has 0 spiro atoms. The monoisotopic (exact) mass is 441 g/mol. The van der Waals surface area contributed by atoms with Gasteiger partial charge in [0.1, 0.15) is 29.2 Å². The Hall–Kier alpha value is -3.76. The Morgan fingerprint density at radius 3 is 2.84 bits per heavy atom. The Morgan fingerprint density at radius 1 is 1.38 bits per heavy atom. The molecule has 0 saturated carbocycles. The number of hydrogen-bond acceptors (Lipinski definition) is 9. The Morgan fingerprint density at radius 2 is 2.19 bits per heavy atom. The van der Waals surface area contributed by atoms with Gasteiger partial charge >= 0.3 is 0 Å². The fourth-order valence-electron chi connectivity index (χ4n) is 3.74. The van der Waals surface area contributed by atoms with Gasteiger partial charge in [-0.05, 0) is 33.3 Å². The number of carbonyl (C=O) groups excluding carboxylic acids is 1. The van der Waals surface area contributed by atoms with E-state index in [9.17, 15) is 9.18 Å². The van der Waals surface area contributed by atoms with E-state index in [4.69, 9.17) is 15.0 Å². The second-order valence-electron chi connectivity index (χ2n) is 7.39.